The normalized spacial score (nSPS) is 15.1. The van der Waals surface area contributed by atoms with Crippen molar-refractivity contribution in [3.8, 4) is 11.3 Å². The lowest BCUT2D eigenvalue weighted by molar-refractivity contribution is -0.141. The minimum atomic E-state index is -0.908. The molecule has 2 aromatic rings. The molecule has 1 amide bonds. The standard InChI is InChI=1S/C17H18ClN3O3/c1-10(17(23)24)9-21(11-6-7-11)16(22)15-8-14(19-20-15)12-4-2-3-5-13(12)18/h2-5,8,10-11H,6-7,9H2,1H3,(H,19,20)(H,23,24)/t10-/m1/s1. The van der Waals surface area contributed by atoms with Gasteiger partial charge in [-0.1, -0.05) is 36.7 Å². The molecule has 0 radical (unpaired) electrons. The first-order chi connectivity index (χ1) is 11.5. The molecule has 0 saturated heterocycles. The van der Waals surface area contributed by atoms with Crippen LogP contribution in [-0.4, -0.2) is 44.7 Å². The summed E-state index contributed by atoms with van der Waals surface area (Å²) in [7, 11) is 0. The highest BCUT2D eigenvalue weighted by atomic mass is 35.5. The summed E-state index contributed by atoms with van der Waals surface area (Å²) in [4.78, 5) is 25.5. The monoisotopic (exact) mass is 347 g/mol. The molecule has 6 nitrogen and oxygen atoms in total. The van der Waals surface area contributed by atoms with E-state index in [9.17, 15) is 9.59 Å². The average molecular weight is 348 g/mol. The van der Waals surface area contributed by atoms with Crippen LogP contribution in [0.15, 0.2) is 30.3 Å². The zero-order chi connectivity index (χ0) is 17.3. The Balaban J connectivity index is 1.81. The van der Waals surface area contributed by atoms with Gasteiger partial charge in [-0.15, -0.1) is 0 Å². The second-order valence-corrected chi connectivity index (χ2v) is 6.48. The van der Waals surface area contributed by atoms with Crippen LogP contribution in [0.5, 0.6) is 0 Å². The lowest BCUT2D eigenvalue weighted by atomic mass is 10.1. The third kappa shape index (κ3) is 3.43. The van der Waals surface area contributed by atoms with Crippen molar-refractivity contribution in [2.45, 2.75) is 25.8 Å². The molecular formula is C17H18ClN3O3. The summed E-state index contributed by atoms with van der Waals surface area (Å²) in [6.45, 7) is 1.80. The van der Waals surface area contributed by atoms with E-state index in [-0.39, 0.29) is 18.5 Å². The van der Waals surface area contributed by atoms with Crippen molar-refractivity contribution in [1.29, 1.82) is 0 Å². The molecule has 0 spiro atoms. The fraction of sp³-hybridized carbons (Fsp3) is 0.353. The highest BCUT2D eigenvalue weighted by Crippen LogP contribution is 2.30. The molecule has 0 unspecified atom stereocenters. The predicted molar refractivity (Wildman–Crippen MR) is 89.9 cm³/mol. The number of benzene rings is 1. The Morgan fingerprint density at radius 2 is 2.12 bits per heavy atom. The minimum Gasteiger partial charge on any atom is -0.481 e. The summed E-state index contributed by atoms with van der Waals surface area (Å²) >= 11 is 6.16. The van der Waals surface area contributed by atoms with Crippen molar-refractivity contribution < 1.29 is 14.7 Å². The molecule has 1 aliphatic carbocycles. The molecule has 2 N–H and O–H groups in total. The number of hydrogen-bond acceptors (Lipinski definition) is 3. The Kier molecular flexibility index (Phi) is 4.57. The van der Waals surface area contributed by atoms with Crippen molar-refractivity contribution in [2.75, 3.05) is 6.54 Å². The molecule has 0 bridgehead atoms. The fourth-order valence-electron chi connectivity index (χ4n) is 2.55. The molecule has 1 aromatic carbocycles. The predicted octanol–water partition coefficient (Wildman–Crippen LogP) is 3.06. The van der Waals surface area contributed by atoms with Crippen LogP contribution in [-0.2, 0) is 4.79 Å². The number of hydrogen-bond donors (Lipinski definition) is 2. The van der Waals surface area contributed by atoms with Crippen LogP contribution in [0.1, 0.15) is 30.3 Å². The second kappa shape index (κ2) is 6.65. The fourth-order valence-corrected chi connectivity index (χ4v) is 2.78. The quantitative estimate of drug-likeness (QED) is 0.840. The second-order valence-electron chi connectivity index (χ2n) is 6.07. The summed E-state index contributed by atoms with van der Waals surface area (Å²) < 4.78 is 0. The van der Waals surface area contributed by atoms with Gasteiger partial charge in [0.15, 0.2) is 0 Å². The Morgan fingerprint density at radius 1 is 1.42 bits per heavy atom. The molecule has 1 fully saturated rings. The molecule has 1 atom stereocenters. The van der Waals surface area contributed by atoms with Gasteiger partial charge in [-0.25, -0.2) is 0 Å². The first kappa shape index (κ1) is 16.5. The molecule has 3 rings (SSSR count). The van der Waals surface area contributed by atoms with E-state index in [0.717, 1.165) is 18.4 Å². The molecule has 1 heterocycles. The Bertz CT molecular complexity index is 770. The number of rotatable bonds is 6. The number of carboxylic acid groups (broad SMARTS) is 1. The highest BCUT2D eigenvalue weighted by molar-refractivity contribution is 6.33. The van der Waals surface area contributed by atoms with Gasteiger partial charge >= 0.3 is 5.97 Å². The molecule has 7 heteroatoms. The van der Waals surface area contributed by atoms with E-state index < -0.39 is 11.9 Å². The number of carbonyl (C=O) groups is 2. The maximum absolute atomic E-state index is 12.7. The van der Waals surface area contributed by atoms with E-state index in [1.54, 1.807) is 24.0 Å². The van der Waals surface area contributed by atoms with Crippen LogP contribution in [0.25, 0.3) is 11.3 Å². The van der Waals surface area contributed by atoms with E-state index in [1.807, 2.05) is 18.2 Å². The Hall–Kier alpha value is -2.34. The van der Waals surface area contributed by atoms with E-state index in [4.69, 9.17) is 16.7 Å². The maximum atomic E-state index is 12.7. The van der Waals surface area contributed by atoms with Gasteiger partial charge in [-0.2, -0.15) is 5.10 Å². The van der Waals surface area contributed by atoms with Gasteiger partial charge in [0, 0.05) is 18.2 Å². The van der Waals surface area contributed by atoms with Gasteiger partial charge in [0.05, 0.1) is 16.6 Å². The summed E-state index contributed by atoms with van der Waals surface area (Å²) in [5.41, 5.74) is 1.67. The van der Waals surface area contributed by atoms with Crippen LogP contribution >= 0.6 is 11.6 Å². The maximum Gasteiger partial charge on any atom is 0.308 e. The van der Waals surface area contributed by atoms with E-state index in [2.05, 4.69) is 10.2 Å². The number of carboxylic acids is 1. The zero-order valence-electron chi connectivity index (χ0n) is 13.2. The lowest BCUT2D eigenvalue weighted by Gasteiger charge is -2.23. The first-order valence-corrected chi connectivity index (χ1v) is 8.19. The van der Waals surface area contributed by atoms with Crippen LogP contribution in [0, 0.1) is 5.92 Å². The Labute approximate surface area is 144 Å². The van der Waals surface area contributed by atoms with Crippen molar-refractivity contribution in [2.24, 2.45) is 5.92 Å². The SMILES string of the molecule is C[C@H](CN(C(=O)c1cc(-c2ccccc2Cl)n[nH]1)C1CC1)C(=O)O. The van der Waals surface area contributed by atoms with Crippen LogP contribution in [0.2, 0.25) is 5.02 Å². The number of amides is 1. The highest BCUT2D eigenvalue weighted by Gasteiger charge is 2.35. The van der Waals surface area contributed by atoms with Crippen LogP contribution in [0.4, 0.5) is 0 Å². The van der Waals surface area contributed by atoms with Gasteiger partial charge in [0.25, 0.3) is 5.91 Å². The molecule has 1 aliphatic rings. The number of aromatic amines is 1. The number of halogens is 1. The van der Waals surface area contributed by atoms with Gasteiger partial charge in [0.1, 0.15) is 5.69 Å². The van der Waals surface area contributed by atoms with E-state index in [1.165, 1.54) is 0 Å². The molecular weight excluding hydrogens is 330 g/mol. The molecule has 24 heavy (non-hydrogen) atoms. The number of carbonyl (C=O) groups excluding carboxylic acids is 1. The summed E-state index contributed by atoms with van der Waals surface area (Å²) in [5, 5.41) is 16.6. The number of nitrogens with one attached hydrogen (secondary N) is 1. The van der Waals surface area contributed by atoms with Crippen molar-refractivity contribution in [3.05, 3.63) is 41.0 Å². The number of H-pyrrole nitrogens is 1. The molecule has 0 aliphatic heterocycles. The minimum absolute atomic E-state index is 0.117. The average Bonchev–Trinajstić information content (AvgIpc) is 3.28. The van der Waals surface area contributed by atoms with Crippen molar-refractivity contribution in [3.63, 3.8) is 0 Å². The van der Waals surface area contributed by atoms with Crippen LogP contribution < -0.4 is 0 Å². The van der Waals surface area contributed by atoms with Gasteiger partial charge in [-0.3, -0.25) is 14.7 Å². The number of nitrogens with zero attached hydrogens (tertiary/aromatic N) is 2. The summed E-state index contributed by atoms with van der Waals surface area (Å²) in [6, 6.07) is 9.04. The van der Waals surface area contributed by atoms with Crippen LogP contribution in [0.3, 0.4) is 0 Å². The number of aromatic nitrogens is 2. The first-order valence-electron chi connectivity index (χ1n) is 7.81. The molecule has 1 saturated carbocycles. The largest absolute Gasteiger partial charge is 0.481 e. The van der Waals surface area contributed by atoms with Gasteiger partial charge in [0.2, 0.25) is 0 Å². The van der Waals surface area contributed by atoms with Gasteiger partial charge < -0.3 is 10.0 Å². The number of aliphatic carboxylic acids is 1. The molecule has 126 valence electrons. The lowest BCUT2D eigenvalue weighted by Crippen LogP contribution is -2.38. The topological polar surface area (TPSA) is 86.3 Å². The third-order valence-electron chi connectivity index (χ3n) is 4.10. The van der Waals surface area contributed by atoms with Gasteiger partial charge in [-0.05, 0) is 25.0 Å². The van der Waals surface area contributed by atoms with Crippen molar-refractivity contribution in [1.82, 2.24) is 15.1 Å². The smallest absolute Gasteiger partial charge is 0.308 e. The Morgan fingerprint density at radius 3 is 2.75 bits per heavy atom. The van der Waals surface area contributed by atoms with E-state index >= 15 is 0 Å². The summed E-state index contributed by atoms with van der Waals surface area (Å²) in [5.74, 6) is -1.74. The van der Waals surface area contributed by atoms with Crippen molar-refractivity contribution >= 4 is 23.5 Å². The molecule has 1 aromatic heterocycles. The zero-order valence-corrected chi connectivity index (χ0v) is 14.0. The van der Waals surface area contributed by atoms with E-state index in [0.29, 0.717) is 16.4 Å². The summed E-state index contributed by atoms with van der Waals surface area (Å²) in [6.07, 6.45) is 1.81. The third-order valence-corrected chi connectivity index (χ3v) is 4.43.